The standard InChI is InChI=1S/C10H12O3/c1-12-8-2-4-10(5-3-8)6-7-13-9(10)11/h2-4H,5-7H2,1H3. The summed E-state index contributed by atoms with van der Waals surface area (Å²) in [5.41, 5.74) is -0.387. The maximum Gasteiger partial charge on any atom is 0.316 e. The summed E-state index contributed by atoms with van der Waals surface area (Å²) in [6.07, 6.45) is 7.17. The molecule has 1 aliphatic heterocycles. The quantitative estimate of drug-likeness (QED) is 0.572. The van der Waals surface area contributed by atoms with E-state index in [1.165, 1.54) is 0 Å². The molecule has 0 radical (unpaired) electrons. The molecular formula is C10H12O3. The van der Waals surface area contributed by atoms with Crippen molar-refractivity contribution in [3.8, 4) is 0 Å². The molecule has 0 aromatic heterocycles. The van der Waals surface area contributed by atoms with Gasteiger partial charge in [0.1, 0.15) is 5.76 Å². The second-order valence-electron chi connectivity index (χ2n) is 3.39. The van der Waals surface area contributed by atoms with E-state index < -0.39 is 0 Å². The van der Waals surface area contributed by atoms with Crippen molar-refractivity contribution in [2.24, 2.45) is 5.41 Å². The SMILES string of the molecule is COC1=CCC2(C=C1)CCOC2=O. The Morgan fingerprint density at radius 1 is 1.62 bits per heavy atom. The summed E-state index contributed by atoms with van der Waals surface area (Å²) in [4.78, 5) is 11.4. The zero-order valence-corrected chi connectivity index (χ0v) is 7.58. The van der Waals surface area contributed by atoms with Crippen LogP contribution < -0.4 is 0 Å². The molecule has 1 spiro atoms. The molecule has 2 aliphatic rings. The van der Waals surface area contributed by atoms with E-state index in [0.29, 0.717) is 13.0 Å². The molecule has 70 valence electrons. The Bertz CT molecular complexity index is 291. The number of rotatable bonds is 1. The molecule has 1 atom stereocenters. The van der Waals surface area contributed by atoms with Crippen molar-refractivity contribution >= 4 is 5.97 Å². The Balaban J connectivity index is 2.18. The highest BCUT2D eigenvalue weighted by molar-refractivity contribution is 5.81. The van der Waals surface area contributed by atoms with Crippen molar-refractivity contribution in [3.05, 3.63) is 24.0 Å². The number of allylic oxidation sites excluding steroid dienone is 2. The Kier molecular flexibility index (Phi) is 1.87. The number of methoxy groups -OCH3 is 1. The van der Waals surface area contributed by atoms with Crippen LogP contribution in [0.5, 0.6) is 0 Å². The first-order valence-corrected chi connectivity index (χ1v) is 4.37. The van der Waals surface area contributed by atoms with E-state index in [4.69, 9.17) is 9.47 Å². The van der Waals surface area contributed by atoms with E-state index in [0.717, 1.165) is 12.2 Å². The normalized spacial score (nSPS) is 31.8. The van der Waals surface area contributed by atoms with E-state index in [-0.39, 0.29) is 11.4 Å². The number of ether oxygens (including phenoxy) is 2. The van der Waals surface area contributed by atoms with Gasteiger partial charge in [-0.2, -0.15) is 0 Å². The molecule has 1 fully saturated rings. The van der Waals surface area contributed by atoms with E-state index in [2.05, 4.69) is 0 Å². The largest absolute Gasteiger partial charge is 0.497 e. The fraction of sp³-hybridized carbons (Fsp3) is 0.500. The summed E-state index contributed by atoms with van der Waals surface area (Å²) < 4.78 is 10.0. The van der Waals surface area contributed by atoms with E-state index in [1.807, 2.05) is 18.2 Å². The number of carbonyl (C=O) groups excluding carboxylic acids is 1. The maximum atomic E-state index is 11.4. The third-order valence-corrected chi connectivity index (χ3v) is 2.66. The molecule has 0 aromatic rings. The van der Waals surface area contributed by atoms with Gasteiger partial charge in [-0.15, -0.1) is 0 Å². The fourth-order valence-corrected chi connectivity index (χ4v) is 1.72. The molecule has 0 amide bonds. The molecule has 1 saturated heterocycles. The van der Waals surface area contributed by atoms with Crippen LogP contribution in [-0.4, -0.2) is 19.7 Å². The smallest absolute Gasteiger partial charge is 0.316 e. The number of cyclic esters (lactones) is 1. The number of carbonyl (C=O) groups is 1. The zero-order chi connectivity index (χ0) is 9.31. The Labute approximate surface area is 77.0 Å². The maximum absolute atomic E-state index is 11.4. The van der Waals surface area contributed by atoms with Crippen LogP contribution in [0.25, 0.3) is 0 Å². The molecule has 3 heteroatoms. The van der Waals surface area contributed by atoms with Crippen molar-refractivity contribution in [1.29, 1.82) is 0 Å². The summed E-state index contributed by atoms with van der Waals surface area (Å²) in [6.45, 7) is 0.541. The van der Waals surface area contributed by atoms with Crippen molar-refractivity contribution < 1.29 is 14.3 Å². The molecule has 1 heterocycles. The van der Waals surface area contributed by atoms with E-state index >= 15 is 0 Å². The molecule has 0 saturated carbocycles. The third kappa shape index (κ3) is 1.24. The van der Waals surface area contributed by atoms with Crippen LogP contribution in [-0.2, 0) is 14.3 Å². The van der Waals surface area contributed by atoms with Gasteiger partial charge < -0.3 is 9.47 Å². The summed E-state index contributed by atoms with van der Waals surface area (Å²) in [5.74, 6) is 0.723. The molecule has 1 aliphatic carbocycles. The van der Waals surface area contributed by atoms with Crippen molar-refractivity contribution in [2.45, 2.75) is 12.8 Å². The predicted octanol–water partition coefficient (Wildman–Crippen LogP) is 1.41. The molecule has 3 nitrogen and oxygen atoms in total. The van der Waals surface area contributed by atoms with Gasteiger partial charge in [-0.1, -0.05) is 6.08 Å². The summed E-state index contributed by atoms with van der Waals surface area (Å²) in [5, 5.41) is 0. The molecule has 1 unspecified atom stereocenters. The van der Waals surface area contributed by atoms with Crippen LogP contribution in [0, 0.1) is 5.41 Å². The van der Waals surface area contributed by atoms with Crippen LogP contribution >= 0.6 is 0 Å². The lowest BCUT2D eigenvalue weighted by Crippen LogP contribution is -2.24. The second kappa shape index (κ2) is 2.91. The van der Waals surface area contributed by atoms with Gasteiger partial charge in [0, 0.05) is 6.42 Å². The highest BCUT2D eigenvalue weighted by Gasteiger charge is 2.42. The monoisotopic (exact) mass is 180 g/mol. The van der Waals surface area contributed by atoms with Gasteiger partial charge in [0.25, 0.3) is 0 Å². The molecule has 0 bridgehead atoms. The zero-order valence-electron chi connectivity index (χ0n) is 7.58. The summed E-state index contributed by atoms with van der Waals surface area (Å²) in [7, 11) is 1.63. The van der Waals surface area contributed by atoms with E-state index in [1.54, 1.807) is 7.11 Å². The van der Waals surface area contributed by atoms with E-state index in [9.17, 15) is 4.79 Å². The van der Waals surface area contributed by atoms with Crippen LogP contribution in [0.4, 0.5) is 0 Å². The first-order valence-electron chi connectivity index (χ1n) is 4.37. The lowest BCUT2D eigenvalue weighted by atomic mass is 9.80. The van der Waals surface area contributed by atoms with Gasteiger partial charge in [0.2, 0.25) is 0 Å². The van der Waals surface area contributed by atoms with Gasteiger partial charge >= 0.3 is 5.97 Å². The van der Waals surface area contributed by atoms with Gasteiger partial charge in [-0.25, -0.2) is 0 Å². The topological polar surface area (TPSA) is 35.5 Å². The number of hydrogen-bond acceptors (Lipinski definition) is 3. The fourth-order valence-electron chi connectivity index (χ4n) is 1.72. The Hall–Kier alpha value is -1.25. The highest BCUT2D eigenvalue weighted by Crippen LogP contribution is 2.38. The lowest BCUT2D eigenvalue weighted by Gasteiger charge is -2.21. The Morgan fingerprint density at radius 3 is 2.92 bits per heavy atom. The van der Waals surface area contributed by atoms with Gasteiger partial charge in [-0.3, -0.25) is 4.79 Å². The van der Waals surface area contributed by atoms with Crippen molar-refractivity contribution in [1.82, 2.24) is 0 Å². The van der Waals surface area contributed by atoms with Crippen molar-refractivity contribution in [2.75, 3.05) is 13.7 Å². The van der Waals surface area contributed by atoms with Crippen LogP contribution in [0.1, 0.15) is 12.8 Å². The average Bonchev–Trinajstić information content (AvgIpc) is 2.50. The minimum absolute atomic E-state index is 0.102. The predicted molar refractivity (Wildman–Crippen MR) is 46.9 cm³/mol. The minimum atomic E-state index is -0.387. The second-order valence-corrected chi connectivity index (χ2v) is 3.39. The molecule has 0 aromatic carbocycles. The Morgan fingerprint density at radius 2 is 2.46 bits per heavy atom. The molecular weight excluding hydrogens is 168 g/mol. The van der Waals surface area contributed by atoms with Crippen LogP contribution in [0.2, 0.25) is 0 Å². The molecule has 13 heavy (non-hydrogen) atoms. The first-order chi connectivity index (χ1) is 6.27. The molecule has 0 N–H and O–H groups in total. The first kappa shape index (κ1) is 8.35. The van der Waals surface area contributed by atoms with Crippen LogP contribution in [0.15, 0.2) is 24.0 Å². The minimum Gasteiger partial charge on any atom is -0.497 e. The molecule has 2 rings (SSSR count). The summed E-state index contributed by atoms with van der Waals surface area (Å²) >= 11 is 0. The average molecular weight is 180 g/mol. The number of hydrogen-bond donors (Lipinski definition) is 0. The van der Waals surface area contributed by atoms with Crippen molar-refractivity contribution in [3.63, 3.8) is 0 Å². The van der Waals surface area contributed by atoms with Gasteiger partial charge in [-0.05, 0) is 18.6 Å². The lowest BCUT2D eigenvalue weighted by molar-refractivity contribution is -0.144. The van der Waals surface area contributed by atoms with Gasteiger partial charge in [0.05, 0.1) is 19.1 Å². The summed E-state index contributed by atoms with van der Waals surface area (Å²) in [6, 6.07) is 0. The van der Waals surface area contributed by atoms with Gasteiger partial charge in [0.15, 0.2) is 0 Å². The third-order valence-electron chi connectivity index (χ3n) is 2.66. The highest BCUT2D eigenvalue weighted by atomic mass is 16.5. The van der Waals surface area contributed by atoms with Crippen LogP contribution in [0.3, 0.4) is 0 Å². The number of esters is 1.